The van der Waals surface area contributed by atoms with E-state index in [0.29, 0.717) is 0 Å². The van der Waals surface area contributed by atoms with Gasteiger partial charge in [0, 0.05) is 5.88 Å². The Morgan fingerprint density at radius 3 is 1.55 bits per heavy atom. The van der Waals surface area contributed by atoms with E-state index in [1.54, 1.807) is 0 Å². The van der Waals surface area contributed by atoms with Gasteiger partial charge in [-0.05, 0) is 0 Å². The van der Waals surface area contributed by atoms with Crippen LogP contribution in [0.4, 0.5) is 0 Å². The van der Waals surface area contributed by atoms with Crippen molar-refractivity contribution in [2.45, 2.75) is 6.10 Å². The minimum atomic E-state index is -4.64. The van der Waals surface area contributed by atoms with Gasteiger partial charge in [-0.25, -0.2) is 4.57 Å². The molecule has 5 nitrogen and oxygen atoms in total. The van der Waals surface area contributed by atoms with E-state index in [2.05, 4.69) is 6.92 Å². The first-order chi connectivity index (χ1) is 4.27. The fraction of sp³-hybridized carbons (Fsp3) is 0.667. The molecule has 4 N–H and O–H groups in total. The Bertz CT molecular complexity index is 106. The van der Waals surface area contributed by atoms with Crippen LogP contribution in [-0.2, 0) is 4.57 Å². The zero-order chi connectivity index (χ0) is 8.78. The van der Waals surface area contributed by atoms with Gasteiger partial charge in [0.15, 0.2) is 0 Å². The third-order valence-electron chi connectivity index (χ3n) is 0.178. The van der Waals surface area contributed by atoms with E-state index in [-0.39, 0.29) is 35.4 Å². The summed E-state index contributed by atoms with van der Waals surface area (Å²) in [4.78, 5) is 21.6. The molecule has 11 heavy (non-hydrogen) atoms. The number of hydrogen-bond acceptors (Lipinski definition) is 2. The van der Waals surface area contributed by atoms with Crippen LogP contribution < -0.4 is 29.6 Å². The standard InChI is InChI=1S/C3H6ClO.Na.H3O4P/c1-3(5)2-4;;1-5(2,3)4/h3,5H,1-2H2;;(H3,1,2,3,4)/q-1;+1;. The Kier molecular flexibility index (Phi) is 15.6. The average molecular weight is 215 g/mol. The van der Waals surface area contributed by atoms with E-state index in [1.165, 1.54) is 0 Å². The number of aliphatic hydroxyl groups is 1. The minimum Gasteiger partial charge on any atom is -0.424 e. The van der Waals surface area contributed by atoms with E-state index in [0.717, 1.165) is 0 Å². The molecule has 0 fully saturated rings. The van der Waals surface area contributed by atoms with Gasteiger partial charge >= 0.3 is 37.4 Å². The van der Waals surface area contributed by atoms with Crippen LogP contribution in [0, 0.1) is 6.92 Å². The first-order valence-electron chi connectivity index (χ1n) is 2.12. The number of aliphatic hydroxyl groups excluding tert-OH is 1. The van der Waals surface area contributed by atoms with Crippen LogP contribution in [0.5, 0.6) is 0 Å². The van der Waals surface area contributed by atoms with Crippen LogP contribution in [0.15, 0.2) is 0 Å². The maximum Gasteiger partial charge on any atom is 1.00 e. The summed E-state index contributed by atoms with van der Waals surface area (Å²) in [7, 11) is -4.64. The maximum absolute atomic E-state index is 8.88. The van der Waals surface area contributed by atoms with Gasteiger partial charge in [0.25, 0.3) is 0 Å². The van der Waals surface area contributed by atoms with Gasteiger partial charge in [-0.2, -0.15) is 0 Å². The second kappa shape index (κ2) is 9.45. The SMILES string of the molecule is O=P(O)(O)O.[CH2-]C(O)CCl.[Na+]. The molecule has 8 heteroatoms. The summed E-state index contributed by atoms with van der Waals surface area (Å²) >= 11 is 5.02. The molecule has 0 amide bonds. The largest absolute Gasteiger partial charge is 1.00 e. The predicted molar refractivity (Wildman–Crippen MR) is 36.3 cm³/mol. The van der Waals surface area contributed by atoms with Gasteiger partial charge in [0.1, 0.15) is 0 Å². The molecule has 0 spiro atoms. The van der Waals surface area contributed by atoms with Crippen molar-refractivity contribution in [1.29, 1.82) is 0 Å². The monoisotopic (exact) mass is 214 g/mol. The van der Waals surface area contributed by atoms with Gasteiger partial charge in [0.2, 0.25) is 0 Å². The van der Waals surface area contributed by atoms with Crippen molar-refractivity contribution < 1.29 is 53.9 Å². The molecule has 0 aliphatic rings. The average Bonchev–Trinajstić information content (AvgIpc) is 1.61. The van der Waals surface area contributed by atoms with Gasteiger partial charge in [-0.3, -0.25) is 0 Å². The van der Waals surface area contributed by atoms with Crippen LogP contribution >= 0.6 is 19.4 Å². The van der Waals surface area contributed by atoms with Crippen LogP contribution in [0.1, 0.15) is 0 Å². The maximum atomic E-state index is 8.88. The summed E-state index contributed by atoms with van der Waals surface area (Å²) in [6, 6.07) is 0. The molecule has 0 aromatic rings. The zero-order valence-corrected chi connectivity index (χ0v) is 9.66. The minimum absolute atomic E-state index is 0. The number of halogens is 1. The summed E-state index contributed by atoms with van der Waals surface area (Å²) in [5.74, 6) is 0.222. The van der Waals surface area contributed by atoms with Crippen molar-refractivity contribution in [3.63, 3.8) is 0 Å². The molecular formula is C3H9ClNaO5P. The first-order valence-corrected chi connectivity index (χ1v) is 4.22. The molecular weight excluding hydrogens is 205 g/mol. The molecule has 0 bridgehead atoms. The number of hydrogen-bond donors (Lipinski definition) is 4. The van der Waals surface area contributed by atoms with Gasteiger partial charge in [-0.15, -0.1) is 11.6 Å². The quantitative estimate of drug-likeness (QED) is 0.157. The predicted octanol–water partition coefficient (Wildman–Crippen LogP) is -3.50. The topological polar surface area (TPSA) is 98.0 Å². The van der Waals surface area contributed by atoms with Gasteiger partial charge in [0.05, 0.1) is 0 Å². The molecule has 0 aromatic heterocycles. The molecule has 1 atom stereocenters. The Morgan fingerprint density at radius 2 is 1.55 bits per heavy atom. The third-order valence-corrected chi connectivity index (χ3v) is 0.534. The van der Waals surface area contributed by atoms with Crippen molar-refractivity contribution in [3.05, 3.63) is 6.92 Å². The Morgan fingerprint density at radius 1 is 1.45 bits per heavy atom. The van der Waals surface area contributed by atoms with Crippen molar-refractivity contribution in [2.24, 2.45) is 0 Å². The van der Waals surface area contributed by atoms with E-state index < -0.39 is 13.9 Å². The Hall–Kier alpha value is 1.36. The molecule has 0 aliphatic carbocycles. The summed E-state index contributed by atoms with van der Waals surface area (Å²) < 4.78 is 8.88. The third kappa shape index (κ3) is 88.2. The van der Waals surface area contributed by atoms with Crippen LogP contribution in [0.2, 0.25) is 0 Å². The molecule has 0 aromatic carbocycles. The number of rotatable bonds is 1. The van der Waals surface area contributed by atoms with Gasteiger partial charge in [-0.1, -0.05) is 6.10 Å². The van der Waals surface area contributed by atoms with Crippen molar-refractivity contribution in [3.8, 4) is 0 Å². The van der Waals surface area contributed by atoms with E-state index in [4.69, 9.17) is 36.0 Å². The van der Waals surface area contributed by atoms with Gasteiger partial charge < -0.3 is 26.7 Å². The van der Waals surface area contributed by atoms with Crippen molar-refractivity contribution in [2.75, 3.05) is 5.88 Å². The molecule has 0 heterocycles. The fourth-order valence-electron chi connectivity index (χ4n) is 0. The number of alkyl halides is 1. The van der Waals surface area contributed by atoms with Crippen molar-refractivity contribution in [1.82, 2.24) is 0 Å². The zero-order valence-electron chi connectivity index (χ0n) is 6.01. The van der Waals surface area contributed by atoms with E-state index >= 15 is 0 Å². The summed E-state index contributed by atoms with van der Waals surface area (Å²) in [5, 5.41) is 8.12. The second-order valence-electron chi connectivity index (χ2n) is 1.32. The molecule has 0 radical (unpaired) electrons. The number of phosphoric acid groups is 1. The molecule has 0 saturated heterocycles. The summed E-state index contributed by atoms with van der Waals surface area (Å²) in [6.07, 6.45) is -0.600. The fourth-order valence-corrected chi connectivity index (χ4v) is 0. The van der Waals surface area contributed by atoms with E-state index in [1.807, 2.05) is 0 Å². The molecule has 0 aliphatic heterocycles. The van der Waals surface area contributed by atoms with Crippen molar-refractivity contribution >= 4 is 19.4 Å². The molecule has 0 rings (SSSR count). The van der Waals surface area contributed by atoms with Crippen LogP contribution in [0.25, 0.3) is 0 Å². The Balaban J connectivity index is -0.000000107. The Labute approximate surface area is 91.9 Å². The molecule has 1 unspecified atom stereocenters. The van der Waals surface area contributed by atoms with Crippen LogP contribution in [-0.4, -0.2) is 31.8 Å². The van der Waals surface area contributed by atoms with E-state index in [9.17, 15) is 0 Å². The molecule has 64 valence electrons. The summed E-state index contributed by atoms with van der Waals surface area (Å²) in [5.41, 5.74) is 0. The second-order valence-corrected chi connectivity index (χ2v) is 2.66. The van der Waals surface area contributed by atoms with Crippen LogP contribution in [0.3, 0.4) is 0 Å². The first kappa shape index (κ1) is 18.2. The summed E-state index contributed by atoms with van der Waals surface area (Å²) in [6.45, 7) is 3.18. The normalized spacial score (nSPS) is 12.2. The molecule has 0 saturated carbocycles. The smallest absolute Gasteiger partial charge is 0.424 e.